The van der Waals surface area contributed by atoms with Gasteiger partial charge < -0.3 is 4.74 Å². The fourth-order valence-electron chi connectivity index (χ4n) is 1.49. The maximum atomic E-state index is 11.4. The van der Waals surface area contributed by atoms with Crippen LogP contribution < -0.4 is 0 Å². The molecule has 7 heteroatoms. The lowest BCUT2D eigenvalue weighted by Crippen LogP contribution is -2.01. The molecule has 4 nitrogen and oxygen atoms in total. The van der Waals surface area contributed by atoms with E-state index in [-0.39, 0.29) is 5.97 Å². The molecule has 0 bridgehead atoms. The van der Waals surface area contributed by atoms with E-state index < -0.39 is 0 Å². The lowest BCUT2D eigenvalue weighted by Gasteiger charge is -2.04. The van der Waals surface area contributed by atoms with E-state index in [1.54, 1.807) is 18.2 Å². The molecule has 0 N–H and O–H groups in total. The molecule has 0 radical (unpaired) electrons. The van der Waals surface area contributed by atoms with Crippen LogP contribution in [0.4, 0.5) is 0 Å². The Balaban J connectivity index is 2.09. The summed E-state index contributed by atoms with van der Waals surface area (Å²) in [4.78, 5) is 19.6. The van der Waals surface area contributed by atoms with Gasteiger partial charge in [-0.15, -0.1) is 0 Å². The van der Waals surface area contributed by atoms with Gasteiger partial charge in [0.15, 0.2) is 5.16 Å². The molecule has 0 atom stereocenters. The number of aromatic nitrogens is 2. The molecule has 0 fully saturated rings. The Hall–Kier alpha value is -1.30. The number of thioether (sulfide) groups is 1. The summed E-state index contributed by atoms with van der Waals surface area (Å²) in [6, 6.07) is 8.66. The molecular weight excluding hydrogens is 319 g/mol. The monoisotopic (exact) mass is 328 g/mol. The highest BCUT2D eigenvalue weighted by molar-refractivity contribution is 7.98. The van der Waals surface area contributed by atoms with Crippen LogP contribution in [0.5, 0.6) is 0 Å². The average Bonchev–Trinajstić information content (AvgIpc) is 2.43. The molecule has 1 aromatic carbocycles. The minimum atomic E-state index is -0.362. The van der Waals surface area contributed by atoms with Gasteiger partial charge in [0.2, 0.25) is 0 Å². The highest BCUT2D eigenvalue weighted by Gasteiger charge is 2.07. The second-order valence-corrected chi connectivity index (χ2v) is 5.49. The summed E-state index contributed by atoms with van der Waals surface area (Å²) < 4.78 is 4.68. The topological polar surface area (TPSA) is 52.1 Å². The number of hydrogen-bond donors (Lipinski definition) is 0. The summed E-state index contributed by atoms with van der Waals surface area (Å²) in [6.45, 7) is 0. The Morgan fingerprint density at radius 1 is 1.25 bits per heavy atom. The number of esters is 1. The number of benzene rings is 1. The zero-order chi connectivity index (χ0) is 14.5. The van der Waals surface area contributed by atoms with Gasteiger partial charge in [-0.2, -0.15) is 0 Å². The first-order valence-corrected chi connectivity index (χ1v) is 7.33. The summed E-state index contributed by atoms with van der Waals surface area (Å²) in [5.74, 6) is 0.237. The van der Waals surface area contributed by atoms with Crippen LogP contribution in [0.15, 0.2) is 35.5 Å². The van der Waals surface area contributed by atoms with E-state index in [0.717, 1.165) is 5.56 Å². The predicted octanol–water partition coefficient (Wildman–Crippen LogP) is 3.86. The first-order chi connectivity index (χ1) is 9.58. The van der Waals surface area contributed by atoms with Crippen LogP contribution in [0.1, 0.15) is 15.9 Å². The van der Waals surface area contributed by atoms with Crippen molar-refractivity contribution < 1.29 is 9.53 Å². The van der Waals surface area contributed by atoms with Crippen LogP contribution in [0.3, 0.4) is 0 Å². The van der Waals surface area contributed by atoms with Gasteiger partial charge in [-0.1, -0.05) is 47.1 Å². The molecule has 0 aliphatic carbocycles. The van der Waals surface area contributed by atoms with Gasteiger partial charge in [-0.25, -0.2) is 14.8 Å². The lowest BCUT2D eigenvalue weighted by atomic mass is 10.1. The number of hydrogen-bond acceptors (Lipinski definition) is 5. The maximum absolute atomic E-state index is 11.4. The number of carbonyl (C=O) groups excluding carboxylic acids is 1. The van der Waals surface area contributed by atoms with Crippen molar-refractivity contribution >= 4 is 40.9 Å². The number of methoxy groups -OCH3 is 1. The molecular formula is C13H10Cl2N2O2S. The van der Waals surface area contributed by atoms with Crippen molar-refractivity contribution in [3.05, 3.63) is 51.8 Å². The SMILES string of the molecule is COC(=O)c1cccc(CSc2nc(Cl)cc(Cl)n2)c1. The van der Waals surface area contributed by atoms with Gasteiger partial charge in [0.05, 0.1) is 12.7 Å². The molecule has 0 saturated heterocycles. The average molecular weight is 329 g/mol. The molecule has 0 aliphatic rings. The van der Waals surface area contributed by atoms with Crippen molar-refractivity contribution in [2.24, 2.45) is 0 Å². The molecule has 1 heterocycles. The van der Waals surface area contributed by atoms with Crippen LogP contribution >= 0.6 is 35.0 Å². The Morgan fingerprint density at radius 3 is 2.60 bits per heavy atom. The van der Waals surface area contributed by atoms with Gasteiger partial charge in [0.1, 0.15) is 10.3 Å². The van der Waals surface area contributed by atoms with Crippen LogP contribution in [-0.4, -0.2) is 23.0 Å². The minimum Gasteiger partial charge on any atom is -0.465 e. The van der Waals surface area contributed by atoms with Crippen molar-refractivity contribution in [3.8, 4) is 0 Å². The Bertz CT molecular complexity index is 617. The Morgan fingerprint density at radius 2 is 1.95 bits per heavy atom. The highest BCUT2D eigenvalue weighted by atomic mass is 35.5. The highest BCUT2D eigenvalue weighted by Crippen LogP contribution is 2.23. The second kappa shape index (κ2) is 6.92. The summed E-state index contributed by atoms with van der Waals surface area (Å²) in [5.41, 5.74) is 1.47. The van der Waals surface area contributed by atoms with Crippen molar-refractivity contribution in [1.29, 1.82) is 0 Å². The molecule has 20 heavy (non-hydrogen) atoms. The Kier molecular flexibility index (Phi) is 5.23. The zero-order valence-corrected chi connectivity index (χ0v) is 12.8. The third kappa shape index (κ3) is 4.10. The van der Waals surface area contributed by atoms with Gasteiger partial charge in [-0.3, -0.25) is 0 Å². The van der Waals surface area contributed by atoms with Crippen molar-refractivity contribution in [3.63, 3.8) is 0 Å². The fraction of sp³-hybridized carbons (Fsp3) is 0.154. The number of ether oxygens (including phenoxy) is 1. The van der Waals surface area contributed by atoms with Gasteiger partial charge in [-0.05, 0) is 17.7 Å². The zero-order valence-electron chi connectivity index (χ0n) is 10.5. The lowest BCUT2D eigenvalue weighted by molar-refractivity contribution is 0.0600. The van der Waals surface area contributed by atoms with Crippen molar-refractivity contribution in [2.75, 3.05) is 7.11 Å². The summed E-state index contributed by atoms with van der Waals surface area (Å²) in [7, 11) is 1.35. The molecule has 0 amide bonds. The third-order valence-electron chi connectivity index (χ3n) is 2.36. The van der Waals surface area contributed by atoms with E-state index in [2.05, 4.69) is 14.7 Å². The van der Waals surface area contributed by atoms with Crippen LogP contribution in [0, 0.1) is 0 Å². The predicted molar refractivity (Wildman–Crippen MR) is 79.4 cm³/mol. The third-order valence-corrected chi connectivity index (χ3v) is 3.66. The number of rotatable bonds is 4. The van der Waals surface area contributed by atoms with Crippen molar-refractivity contribution in [2.45, 2.75) is 10.9 Å². The maximum Gasteiger partial charge on any atom is 0.337 e. The van der Waals surface area contributed by atoms with Crippen molar-refractivity contribution in [1.82, 2.24) is 9.97 Å². The smallest absolute Gasteiger partial charge is 0.337 e. The summed E-state index contributed by atoms with van der Waals surface area (Å²) in [6.07, 6.45) is 0. The molecule has 2 aromatic rings. The van der Waals surface area contributed by atoms with E-state index in [0.29, 0.717) is 26.8 Å². The Labute approximate surface area is 130 Å². The summed E-state index contributed by atoms with van der Waals surface area (Å²) in [5, 5.41) is 1.09. The van der Waals surface area contributed by atoms with E-state index in [1.807, 2.05) is 6.07 Å². The molecule has 1 aromatic heterocycles. The van der Waals surface area contributed by atoms with Gasteiger partial charge in [0.25, 0.3) is 0 Å². The number of halogens is 2. The molecule has 104 valence electrons. The molecule has 2 rings (SSSR count). The van der Waals surface area contributed by atoms with E-state index in [9.17, 15) is 4.79 Å². The quantitative estimate of drug-likeness (QED) is 0.369. The largest absolute Gasteiger partial charge is 0.465 e. The van der Waals surface area contributed by atoms with E-state index in [1.165, 1.54) is 24.9 Å². The van der Waals surface area contributed by atoms with Crippen LogP contribution in [0.2, 0.25) is 10.3 Å². The van der Waals surface area contributed by atoms with E-state index >= 15 is 0 Å². The minimum absolute atomic E-state index is 0.302. The molecule has 0 spiro atoms. The first-order valence-electron chi connectivity index (χ1n) is 5.58. The normalized spacial score (nSPS) is 10.3. The molecule has 0 aliphatic heterocycles. The first kappa shape index (κ1) is 15.1. The van der Waals surface area contributed by atoms with Gasteiger partial charge in [0, 0.05) is 11.8 Å². The standard InChI is InChI=1S/C13H10Cl2N2O2S/c1-19-12(18)9-4-2-3-8(5-9)7-20-13-16-10(14)6-11(15)17-13/h2-6H,7H2,1H3. The summed E-state index contributed by atoms with van der Waals surface area (Å²) >= 11 is 13.0. The second-order valence-electron chi connectivity index (χ2n) is 3.78. The number of carbonyl (C=O) groups is 1. The van der Waals surface area contributed by atoms with Gasteiger partial charge >= 0.3 is 5.97 Å². The fourth-order valence-corrected chi connectivity index (χ4v) is 2.81. The molecule has 0 unspecified atom stereocenters. The van der Waals surface area contributed by atoms with Crippen LogP contribution in [-0.2, 0) is 10.5 Å². The number of nitrogens with zero attached hydrogens (tertiary/aromatic N) is 2. The molecule has 0 saturated carbocycles. The van der Waals surface area contributed by atoms with E-state index in [4.69, 9.17) is 23.2 Å². The van der Waals surface area contributed by atoms with Crippen LogP contribution in [0.25, 0.3) is 0 Å².